The molecule has 140 valence electrons. The van der Waals surface area contributed by atoms with E-state index in [0.29, 0.717) is 24.7 Å². The highest BCUT2D eigenvalue weighted by atomic mass is 16.6. The largest absolute Gasteiger partial charge is 0.464 e. The zero-order valence-electron chi connectivity index (χ0n) is 16.1. The Morgan fingerprint density at radius 2 is 1.83 bits per heavy atom. The highest BCUT2D eigenvalue weighted by Gasteiger charge is 2.40. The quantitative estimate of drug-likeness (QED) is 0.629. The van der Waals surface area contributed by atoms with E-state index in [1.807, 2.05) is 6.92 Å². The molecular weight excluding hydrogens is 308 g/mol. The summed E-state index contributed by atoms with van der Waals surface area (Å²) in [5.41, 5.74) is -0.808. The van der Waals surface area contributed by atoms with Crippen LogP contribution in [0.2, 0.25) is 0 Å². The first-order chi connectivity index (χ1) is 11.3. The van der Waals surface area contributed by atoms with Gasteiger partial charge in [0, 0.05) is 13.5 Å². The molecule has 0 saturated heterocycles. The molecule has 1 aliphatic rings. The molecule has 0 aliphatic heterocycles. The van der Waals surface area contributed by atoms with E-state index in [-0.39, 0.29) is 30.8 Å². The predicted molar refractivity (Wildman–Crippen MR) is 92.5 cm³/mol. The monoisotopic (exact) mass is 342 g/mol. The topological polar surface area (TPSA) is 61.8 Å². The van der Waals surface area contributed by atoms with Crippen molar-refractivity contribution in [3.63, 3.8) is 0 Å². The van der Waals surface area contributed by atoms with Gasteiger partial charge in [0.05, 0.1) is 11.5 Å². The molecule has 0 aromatic carbocycles. The fourth-order valence-electron chi connectivity index (χ4n) is 3.05. The normalized spacial score (nSPS) is 26.7. The summed E-state index contributed by atoms with van der Waals surface area (Å²) < 4.78 is 16.6. The van der Waals surface area contributed by atoms with Crippen molar-refractivity contribution < 1.29 is 23.8 Å². The molecule has 1 saturated carbocycles. The standard InChI is InChI=1S/C19H34O5/c1-7-17(20)23-12-19(5,8-2)18(21)24-15-10-9-14(13(3)4)11-16(15)22-6/h13-16H,7-12H2,1-6H3/t14-,15-,16-,19-/m1/s1. The van der Waals surface area contributed by atoms with Crippen LogP contribution >= 0.6 is 0 Å². The van der Waals surface area contributed by atoms with Crippen LogP contribution in [0.5, 0.6) is 0 Å². The van der Waals surface area contributed by atoms with Crippen LogP contribution in [-0.2, 0) is 23.8 Å². The van der Waals surface area contributed by atoms with E-state index in [1.54, 1.807) is 21.0 Å². The Bertz CT molecular complexity index is 420. The van der Waals surface area contributed by atoms with Crippen LogP contribution in [-0.4, -0.2) is 37.9 Å². The van der Waals surface area contributed by atoms with Gasteiger partial charge in [-0.1, -0.05) is 27.7 Å². The molecule has 0 spiro atoms. The number of hydrogen-bond acceptors (Lipinski definition) is 5. The Labute approximate surface area is 146 Å². The van der Waals surface area contributed by atoms with E-state index in [1.165, 1.54) is 0 Å². The molecule has 1 fully saturated rings. The third-order valence-corrected chi connectivity index (χ3v) is 5.39. The van der Waals surface area contributed by atoms with Gasteiger partial charge >= 0.3 is 11.9 Å². The van der Waals surface area contributed by atoms with E-state index in [2.05, 4.69) is 13.8 Å². The van der Waals surface area contributed by atoms with E-state index in [0.717, 1.165) is 19.3 Å². The first kappa shape index (κ1) is 20.9. The minimum Gasteiger partial charge on any atom is -0.464 e. The van der Waals surface area contributed by atoms with Crippen molar-refractivity contribution >= 4 is 11.9 Å². The second-order valence-corrected chi connectivity index (χ2v) is 7.46. The predicted octanol–water partition coefficient (Wildman–Crippen LogP) is 3.74. The zero-order valence-corrected chi connectivity index (χ0v) is 16.1. The van der Waals surface area contributed by atoms with Gasteiger partial charge in [0.25, 0.3) is 0 Å². The molecule has 0 radical (unpaired) electrons. The van der Waals surface area contributed by atoms with Crippen LogP contribution in [0.15, 0.2) is 0 Å². The summed E-state index contributed by atoms with van der Waals surface area (Å²) in [6, 6.07) is 0. The van der Waals surface area contributed by atoms with Crippen LogP contribution in [0.25, 0.3) is 0 Å². The third-order valence-electron chi connectivity index (χ3n) is 5.39. The molecule has 0 aromatic heterocycles. The van der Waals surface area contributed by atoms with Crippen LogP contribution in [0.1, 0.15) is 66.7 Å². The summed E-state index contributed by atoms with van der Waals surface area (Å²) in [5.74, 6) is 0.611. The van der Waals surface area contributed by atoms with Gasteiger partial charge in [-0.2, -0.15) is 0 Å². The fraction of sp³-hybridized carbons (Fsp3) is 0.895. The van der Waals surface area contributed by atoms with Crippen molar-refractivity contribution in [1.82, 2.24) is 0 Å². The summed E-state index contributed by atoms with van der Waals surface area (Å²) in [4.78, 5) is 24.1. The summed E-state index contributed by atoms with van der Waals surface area (Å²) in [7, 11) is 1.68. The van der Waals surface area contributed by atoms with E-state index >= 15 is 0 Å². The van der Waals surface area contributed by atoms with Crippen molar-refractivity contribution in [2.45, 2.75) is 78.9 Å². The third kappa shape index (κ3) is 5.47. The number of methoxy groups -OCH3 is 1. The van der Waals surface area contributed by atoms with Crippen molar-refractivity contribution in [1.29, 1.82) is 0 Å². The molecule has 0 amide bonds. The van der Waals surface area contributed by atoms with Crippen LogP contribution in [0.4, 0.5) is 0 Å². The van der Waals surface area contributed by atoms with Gasteiger partial charge in [0.2, 0.25) is 0 Å². The van der Waals surface area contributed by atoms with Crippen molar-refractivity contribution in [2.24, 2.45) is 17.3 Å². The molecule has 4 atom stereocenters. The van der Waals surface area contributed by atoms with Gasteiger partial charge in [-0.05, 0) is 44.4 Å². The molecule has 0 heterocycles. The molecule has 5 heteroatoms. The minimum atomic E-state index is -0.808. The van der Waals surface area contributed by atoms with Crippen LogP contribution in [0.3, 0.4) is 0 Å². The maximum absolute atomic E-state index is 12.7. The molecule has 5 nitrogen and oxygen atoms in total. The van der Waals surface area contributed by atoms with Crippen LogP contribution < -0.4 is 0 Å². The summed E-state index contributed by atoms with van der Waals surface area (Å²) in [6.07, 6.45) is 3.37. The second kappa shape index (κ2) is 9.40. The van der Waals surface area contributed by atoms with E-state index in [9.17, 15) is 9.59 Å². The molecule has 0 N–H and O–H groups in total. The van der Waals surface area contributed by atoms with Gasteiger partial charge in [-0.25, -0.2) is 0 Å². The van der Waals surface area contributed by atoms with Gasteiger partial charge in [0.1, 0.15) is 12.7 Å². The molecule has 0 aromatic rings. The maximum Gasteiger partial charge on any atom is 0.315 e. The summed E-state index contributed by atoms with van der Waals surface area (Å²) in [5, 5.41) is 0. The molecule has 1 aliphatic carbocycles. The Hall–Kier alpha value is -1.10. The van der Waals surface area contributed by atoms with E-state index in [4.69, 9.17) is 14.2 Å². The lowest BCUT2D eigenvalue weighted by molar-refractivity contribution is -0.177. The lowest BCUT2D eigenvalue weighted by atomic mass is 9.79. The number of hydrogen-bond donors (Lipinski definition) is 0. The zero-order chi connectivity index (χ0) is 18.3. The van der Waals surface area contributed by atoms with Gasteiger partial charge in [-0.3, -0.25) is 9.59 Å². The Kier molecular flexibility index (Phi) is 8.20. The minimum absolute atomic E-state index is 0.0607. The van der Waals surface area contributed by atoms with Gasteiger partial charge in [0.15, 0.2) is 0 Å². The first-order valence-electron chi connectivity index (χ1n) is 9.16. The smallest absolute Gasteiger partial charge is 0.315 e. The van der Waals surface area contributed by atoms with Crippen molar-refractivity contribution in [2.75, 3.05) is 13.7 Å². The molecule has 1 rings (SSSR count). The van der Waals surface area contributed by atoms with Crippen molar-refractivity contribution in [3.8, 4) is 0 Å². The van der Waals surface area contributed by atoms with E-state index < -0.39 is 5.41 Å². The molecule has 0 bridgehead atoms. The van der Waals surface area contributed by atoms with Crippen LogP contribution in [0, 0.1) is 17.3 Å². The molecule has 24 heavy (non-hydrogen) atoms. The highest BCUT2D eigenvalue weighted by molar-refractivity contribution is 5.77. The second-order valence-electron chi connectivity index (χ2n) is 7.46. The number of carbonyl (C=O) groups is 2. The Balaban J connectivity index is 2.68. The molecular formula is C19H34O5. The summed E-state index contributed by atoms with van der Waals surface area (Å²) >= 11 is 0. The van der Waals surface area contributed by atoms with Crippen molar-refractivity contribution in [3.05, 3.63) is 0 Å². The van der Waals surface area contributed by atoms with Gasteiger partial charge in [-0.15, -0.1) is 0 Å². The fourth-order valence-corrected chi connectivity index (χ4v) is 3.05. The lowest BCUT2D eigenvalue weighted by Crippen LogP contribution is -2.44. The SMILES string of the molecule is CCC(=O)OC[C@@](C)(CC)C(=O)O[C@@H]1CC[C@@H](C(C)C)C[C@H]1OC. The number of ether oxygens (including phenoxy) is 3. The first-order valence-corrected chi connectivity index (χ1v) is 9.16. The summed E-state index contributed by atoms with van der Waals surface area (Å²) in [6.45, 7) is 9.94. The average molecular weight is 342 g/mol. The number of rotatable bonds is 8. The maximum atomic E-state index is 12.7. The molecule has 0 unspecified atom stereocenters. The lowest BCUT2D eigenvalue weighted by Gasteiger charge is -2.38. The number of carbonyl (C=O) groups excluding carboxylic acids is 2. The Morgan fingerprint density at radius 3 is 2.33 bits per heavy atom. The number of esters is 2. The van der Waals surface area contributed by atoms with Gasteiger partial charge < -0.3 is 14.2 Å². The Morgan fingerprint density at radius 1 is 1.17 bits per heavy atom. The highest BCUT2D eigenvalue weighted by Crippen LogP contribution is 2.34. The average Bonchev–Trinajstić information content (AvgIpc) is 2.59.